The lowest BCUT2D eigenvalue weighted by Gasteiger charge is -2.45. The molecule has 0 saturated carbocycles. The Bertz CT molecular complexity index is 1010. The molecule has 36 heavy (non-hydrogen) atoms. The fourth-order valence-corrected chi connectivity index (χ4v) is 13.4. The van der Waals surface area contributed by atoms with Crippen LogP contribution in [0.25, 0.3) is 0 Å². The highest BCUT2D eigenvalue weighted by atomic mass is 35.6. The van der Waals surface area contributed by atoms with Gasteiger partial charge in [-0.3, -0.25) is 4.90 Å². The van der Waals surface area contributed by atoms with Crippen LogP contribution in [0.4, 0.5) is 26.3 Å². The van der Waals surface area contributed by atoms with Crippen molar-refractivity contribution in [1.29, 1.82) is 0 Å². The molecule has 0 spiro atoms. The molecule has 1 aromatic carbocycles. The maximum Gasteiger partial charge on any atom is 0.650 e. The summed E-state index contributed by atoms with van der Waals surface area (Å²) in [5.74, 6) is 0. The van der Waals surface area contributed by atoms with E-state index in [4.69, 9.17) is 10.0 Å². The molecule has 1 aliphatic rings. The minimum Gasteiger partial charge on any atom is -0.296 e. The second-order valence-electron chi connectivity index (χ2n) is 8.44. The molecule has 7 nitrogen and oxygen atoms in total. The van der Waals surface area contributed by atoms with Gasteiger partial charge < -0.3 is 0 Å². The van der Waals surface area contributed by atoms with Crippen molar-refractivity contribution in [2.24, 2.45) is 0 Å². The topological polar surface area (TPSA) is 78.0 Å². The third-order valence-electron chi connectivity index (χ3n) is 5.71. The summed E-state index contributed by atoms with van der Waals surface area (Å²) in [5, 5.41) is 0. The lowest BCUT2D eigenvalue weighted by Crippen LogP contribution is -2.68. The maximum atomic E-state index is 13.7. The molecular weight excluding hydrogens is 575 g/mol. The van der Waals surface area contributed by atoms with Crippen LogP contribution in [0, 0.1) is 0 Å². The molecule has 1 saturated heterocycles. The standard InChI is InChI=1S/C19H27F6N3O4S2.Al.ClH/c1-3-8-16(26-33(29,30)18(20,21)22)13-28(12-15-10-6-5-7-11-15)14-17(9-4-2)27-34(31,32)19(23,24)25;;/h5-7,10-11,16-17H,3-4,8-9,12-14H2,1-2H3;;1H/q-2;+3;/p-1/t16-,17-;;/m0../s1. The first-order valence-corrected chi connectivity index (χ1v) is 16.7. The van der Waals surface area contributed by atoms with E-state index in [1.165, 1.54) is 4.90 Å². The molecule has 0 bridgehead atoms. The smallest absolute Gasteiger partial charge is 0.296 e. The third-order valence-corrected chi connectivity index (χ3v) is 15.1. The number of hydrogen-bond donors (Lipinski definition) is 0. The van der Waals surface area contributed by atoms with E-state index in [2.05, 4.69) is 0 Å². The normalized spacial score (nSPS) is 22.4. The molecule has 17 heteroatoms. The van der Waals surface area contributed by atoms with Gasteiger partial charge in [-0.1, -0.05) is 57.0 Å². The molecule has 0 aromatic heterocycles. The first kappa shape index (κ1) is 31.6. The first-order chi connectivity index (χ1) is 16.5. The lowest BCUT2D eigenvalue weighted by molar-refractivity contribution is -0.0499. The van der Waals surface area contributed by atoms with Gasteiger partial charge in [-0.05, 0) is 18.4 Å². The van der Waals surface area contributed by atoms with Crippen molar-refractivity contribution in [3.63, 3.8) is 0 Å². The highest BCUT2D eigenvalue weighted by molar-refractivity contribution is 7.93. The first-order valence-electron chi connectivity index (χ1n) is 11.1. The van der Waals surface area contributed by atoms with E-state index in [1.807, 2.05) is 0 Å². The van der Waals surface area contributed by atoms with Gasteiger partial charge >= 0.3 is 24.7 Å². The van der Waals surface area contributed by atoms with Gasteiger partial charge in [-0.15, -0.1) is 0 Å². The minimum atomic E-state index is -6.27. The molecule has 1 fully saturated rings. The Labute approximate surface area is 216 Å². The number of rotatable bonds is 8. The van der Waals surface area contributed by atoms with Crippen LogP contribution in [0.15, 0.2) is 30.3 Å². The Morgan fingerprint density at radius 3 is 1.56 bits per heavy atom. The SMILES string of the molecule is CCC[C@H]1CN(Cc2ccccc2)C[C@H](CCC)[N](S(=O)(=O)C(F)(F)F)[Al]([Cl])[N]1S(=O)(=O)C(F)(F)F. The van der Waals surface area contributed by atoms with E-state index in [9.17, 15) is 43.2 Å². The van der Waals surface area contributed by atoms with Crippen LogP contribution < -0.4 is 0 Å². The van der Waals surface area contributed by atoms with Gasteiger partial charge in [0, 0.05) is 31.7 Å². The van der Waals surface area contributed by atoms with E-state index >= 15 is 0 Å². The van der Waals surface area contributed by atoms with Crippen LogP contribution in [-0.4, -0.2) is 78.2 Å². The summed E-state index contributed by atoms with van der Waals surface area (Å²) in [6.07, 6.45) is 0.0105. The monoisotopic (exact) mass is 601 g/mol. The highest BCUT2D eigenvalue weighted by Gasteiger charge is 2.64. The van der Waals surface area contributed by atoms with Crippen LogP contribution in [-0.2, 0) is 26.6 Å². The summed E-state index contributed by atoms with van der Waals surface area (Å²) in [6.45, 7) is 2.64. The lowest BCUT2D eigenvalue weighted by atomic mass is 10.1. The molecular formula is C19H27AlClF6N3O4S2. The highest BCUT2D eigenvalue weighted by Crippen LogP contribution is 2.38. The zero-order chi connectivity index (χ0) is 27.5. The Hall–Kier alpha value is -0.598. The fraction of sp³-hybridized carbons (Fsp3) is 0.684. The summed E-state index contributed by atoms with van der Waals surface area (Å²) < 4.78 is 133. The second kappa shape index (κ2) is 12.1. The predicted octanol–water partition coefficient (Wildman–Crippen LogP) is 4.37. The largest absolute Gasteiger partial charge is 0.650 e. The summed E-state index contributed by atoms with van der Waals surface area (Å²) >= 11 is -4.64. The average molecular weight is 602 g/mol. The van der Waals surface area contributed by atoms with Crippen molar-refractivity contribution in [2.75, 3.05) is 13.1 Å². The van der Waals surface area contributed by atoms with Crippen molar-refractivity contribution in [1.82, 2.24) is 11.5 Å². The fourth-order valence-electron chi connectivity index (χ4n) is 4.23. The Balaban J connectivity index is 2.78. The molecule has 2 atom stereocenters. The number of halogens is 7. The molecule has 0 amide bonds. The van der Waals surface area contributed by atoms with Crippen molar-refractivity contribution in [2.45, 2.75) is 69.2 Å². The zero-order valence-electron chi connectivity index (χ0n) is 19.5. The van der Waals surface area contributed by atoms with Crippen molar-refractivity contribution in [3.8, 4) is 0 Å². The number of hydrogen-bond acceptors (Lipinski definition) is 5. The van der Waals surface area contributed by atoms with Crippen LogP contribution >= 0.6 is 10.0 Å². The predicted molar refractivity (Wildman–Crippen MR) is 124 cm³/mol. The van der Waals surface area contributed by atoms with Gasteiger partial charge in [0.05, 0.1) is 0 Å². The minimum absolute atomic E-state index is 0.0512. The molecule has 1 heterocycles. The Kier molecular flexibility index (Phi) is 10.6. The average Bonchev–Trinajstić information content (AvgIpc) is 2.72. The van der Waals surface area contributed by atoms with E-state index in [0.29, 0.717) is 5.56 Å². The van der Waals surface area contributed by atoms with Gasteiger partial charge in [0.1, 0.15) is 0 Å². The van der Waals surface area contributed by atoms with E-state index in [1.54, 1.807) is 44.2 Å². The quantitative estimate of drug-likeness (QED) is 0.327. The maximum absolute atomic E-state index is 13.7. The third kappa shape index (κ3) is 6.88. The number of nitrogens with zero attached hydrogens (tertiary/aromatic N) is 3. The summed E-state index contributed by atoms with van der Waals surface area (Å²) in [5.41, 5.74) is -11.1. The number of alkyl halides is 6. The number of sulfonamides is 2. The van der Waals surface area contributed by atoms with Crippen LogP contribution in [0.5, 0.6) is 0 Å². The summed E-state index contributed by atoms with van der Waals surface area (Å²) in [4.78, 5) is 1.49. The molecule has 0 N–H and O–H groups in total. The van der Waals surface area contributed by atoms with E-state index < -0.39 is 56.8 Å². The van der Waals surface area contributed by atoms with Gasteiger partial charge in [0.15, 0.2) is 0 Å². The van der Waals surface area contributed by atoms with Crippen LogP contribution in [0.3, 0.4) is 0 Å². The van der Waals surface area contributed by atoms with Gasteiger partial charge in [-0.25, -0.2) is 33.5 Å². The van der Waals surface area contributed by atoms with Crippen LogP contribution in [0.2, 0.25) is 0 Å². The van der Waals surface area contributed by atoms with E-state index in [0.717, 1.165) is 0 Å². The molecule has 1 aliphatic heterocycles. The summed E-state index contributed by atoms with van der Waals surface area (Å²) in [6, 6.07) is 5.49. The van der Waals surface area contributed by atoms with Crippen LogP contribution in [0.1, 0.15) is 45.1 Å². The van der Waals surface area contributed by atoms with Crippen molar-refractivity contribution >= 4 is 43.8 Å². The molecule has 206 valence electrons. The molecule has 0 unspecified atom stereocenters. The van der Waals surface area contributed by atoms with Crippen molar-refractivity contribution < 1.29 is 43.2 Å². The zero-order valence-corrected chi connectivity index (χ0v) is 23.0. The Morgan fingerprint density at radius 2 is 1.22 bits per heavy atom. The molecule has 0 radical (unpaired) electrons. The Morgan fingerprint density at radius 1 is 0.833 bits per heavy atom. The second-order valence-corrected chi connectivity index (χ2v) is 15.8. The van der Waals surface area contributed by atoms with Crippen molar-refractivity contribution in [3.05, 3.63) is 35.9 Å². The van der Waals surface area contributed by atoms with Gasteiger partial charge in [0.2, 0.25) is 0 Å². The summed E-state index contributed by atoms with van der Waals surface area (Å²) in [7, 11) is -6.35. The van der Waals surface area contributed by atoms with Gasteiger partial charge in [0.25, 0.3) is 20.0 Å². The molecule has 2 rings (SSSR count). The van der Waals surface area contributed by atoms with Gasteiger partial charge in [-0.2, -0.15) is 26.3 Å². The van der Waals surface area contributed by atoms with E-state index in [-0.39, 0.29) is 51.9 Å². The number of benzene rings is 1. The molecule has 1 aromatic rings. The molecule has 0 aliphatic carbocycles.